The van der Waals surface area contributed by atoms with Gasteiger partial charge in [0.1, 0.15) is 12.4 Å². The van der Waals surface area contributed by atoms with Crippen LogP contribution >= 0.6 is 11.6 Å². The largest absolute Gasteiger partial charge is 0.322 e. The van der Waals surface area contributed by atoms with Gasteiger partial charge in [-0.05, 0) is 31.0 Å². The smallest absolute Gasteiger partial charge is 0.244 e. The third-order valence-corrected chi connectivity index (χ3v) is 4.67. The summed E-state index contributed by atoms with van der Waals surface area (Å²) in [5.41, 5.74) is -0.0316. The van der Waals surface area contributed by atoms with Crippen molar-refractivity contribution in [3.05, 3.63) is 29.0 Å². The van der Waals surface area contributed by atoms with Crippen LogP contribution in [0.5, 0.6) is 0 Å². The highest BCUT2D eigenvalue weighted by Gasteiger charge is 2.48. The summed E-state index contributed by atoms with van der Waals surface area (Å²) in [7, 11) is 0. The third kappa shape index (κ3) is 3.08. The van der Waals surface area contributed by atoms with Crippen molar-refractivity contribution in [2.75, 3.05) is 11.9 Å². The summed E-state index contributed by atoms with van der Waals surface area (Å²) in [4.78, 5) is 37.6. The molecule has 1 aliphatic carbocycles. The number of halogens is 2. The molecular weight excluding hydrogens is 323 g/mol. The zero-order valence-corrected chi connectivity index (χ0v) is 13.1. The standard InChI is InChI=1S/C16H16ClFN2O3/c17-9-5-6-13(12(18)7-9)19-14(21)8-20-15(22)10-3-1-2-4-11(10)16(20)23/h5-7,10-11H,1-4,8H2,(H,19,21)/t10-,11+. The van der Waals surface area contributed by atoms with Gasteiger partial charge in [-0.25, -0.2) is 4.39 Å². The normalized spacial score (nSPS) is 23.8. The number of nitrogens with one attached hydrogen (secondary N) is 1. The fourth-order valence-corrected chi connectivity index (χ4v) is 3.47. The Balaban J connectivity index is 1.68. The molecule has 1 heterocycles. The minimum absolute atomic E-state index is 0.0316. The second-order valence-corrected chi connectivity index (χ2v) is 6.37. The maximum Gasteiger partial charge on any atom is 0.244 e. The lowest BCUT2D eigenvalue weighted by Crippen LogP contribution is -2.38. The van der Waals surface area contributed by atoms with Gasteiger partial charge in [-0.2, -0.15) is 0 Å². The molecule has 3 rings (SSSR count). The highest BCUT2D eigenvalue weighted by atomic mass is 35.5. The van der Waals surface area contributed by atoms with Gasteiger partial charge < -0.3 is 5.32 Å². The molecule has 1 N–H and O–H groups in total. The van der Waals surface area contributed by atoms with E-state index in [1.54, 1.807) is 0 Å². The van der Waals surface area contributed by atoms with Crippen LogP contribution in [0.25, 0.3) is 0 Å². The van der Waals surface area contributed by atoms with Crippen molar-refractivity contribution in [1.82, 2.24) is 4.90 Å². The fourth-order valence-electron chi connectivity index (χ4n) is 3.31. The van der Waals surface area contributed by atoms with E-state index >= 15 is 0 Å². The van der Waals surface area contributed by atoms with Crippen molar-refractivity contribution < 1.29 is 18.8 Å². The van der Waals surface area contributed by atoms with Gasteiger partial charge >= 0.3 is 0 Å². The molecule has 0 radical (unpaired) electrons. The van der Waals surface area contributed by atoms with E-state index in [4.69, 9.17) is 11.6 Å². The number of imide groups is 1. The number of anilines is 1. The van der Waals surface area contributed by atoms with Crippen molar-refractivity contribution in [1.29, 1.82) is 0 Å². The Labute approximate surface area is 137 Å². The lowest BCUT2D eigenvalue weighted by Gasteiger charge is -2.19. The fraction of sp³-hybridized carbons (Fsp3) is 0.438. The average molecular weight is 339 g/mol. The lowest BCUT2D eigenvalue weighted by atomic mass is 9.81. The Morgan fingerprint density at radius 2 is 1.83 bits per heavy atom. The maximum atomic E-state index is 13.7. The molecule has 7 heteroatoms. The first kappa shape index (κ1) is 15.9. The molecule has 1 aliphatic heterocycles. The molecule has 3 amide bonds. The van der Waals surface area contributed by atoms with Gasteiger partial charge in [-0.15, -0.1) is 0 Å². The molecule has 1 aromatic rings. The van der Waals surface area contributed by atoms with Gasteiger partial charge in [0.05, 0.1) is 17.5 Å². The molecule has 5 nitrogen and oxygen atoms in total. The van der Waals surface area contributed by atoms with E-state index in [1.165, 1.54) is 12.1 Å². The summed E-state index contributed by atoms with van der Waals surface area (Å²) in [5, 5.41) is 2.59. The van der Waals surface area contributed by atoms with Crippen molar-refractivity contribution in [3.8, 4) is 0 Å². The number of benzene rings is 1. The van der Waals surface area contributed by atoms with Crippen LogP contribution in [0.2, 0.25) is 5.02 Å². The second kappa shape index (κ2) is 6.28. The van der Waals surface area contributed by atoms with Crippen molar-refractivity contribution in [3.63, 3.8) is 0 Å². The topological polar surface area (TPSA) is 66.5 Å². The van der Waals surface area contributed by atoms with E-state index in [0.29, 0.717) is 12.8 Å². The summed E-state index contributed by atoms with van der Waals surface area (Å²) in [6, 6.07) is 3.86. The Bertz CT molecular complexity index is 655. The quantitative estimate of drug-likeness (QED) is 0.861. The zero-order chi connectivity index (χ0) is 16.6. The second-order valence-electron chi connectivity index (χ2n) is 5.93. The van der Waals surface area contributed by atoms with Crippen molar-refractivity contribution >= 4 is 35.0 Å². The molecule has 23 heavy (non-hydrogen) atoms. The van der Waals surface area contributed by atoms with Crippen LogP contribution in [-0.4, -0.2) is 29.2 Å². The predicted octanol–water partition coefficient (Wildman–Crippen LogP) is 2.59. The molecule has 0 bridgehead atoms. The molecule has 1 saturated carbocycles. The monoisotopic (exact) mass is 338 g/mol. The van der Waals surface area contributed by atoms with Gasteiger partial charge in [-0.1, -0.05) is 24.4 Å². The van der Waals surface area contributed by atoms with Gasteiger partial charge in [0.25, 0.3) is 0 Å². The summed E-state index contributed by atoms with van der Waals surface area (Å²) in [6.07, 6.45) is 3.24. The van der Waals surface area contributed by atoms with E-state index in [9.17, 15) is 18.8 Å². The minimum Gasteiger partial charge on any atom is -0.322 e. The van der Waals surface area contributed by atoms with Crippen LogP contribution in [0.15, 0.2) is 18.2 Å². The maximum absolute atomic E-state index is 13.7. The third-order valence-electron chi connectivity index (χ3n) is 4.44. The highest BCUT2D eigenvalue weighted by Crippen LogP contribution is 2.37. The molecule has 1 aromatic carbocycles. The van der Waals surface area contributed by atoms with Crippen LogP contribution in [-0.2, 0) is 14.4 Å². The molecule has 2 aliphatic rings. The molecule has 2 fully saturated rings. The number of hydrogen-bond acceptors (Lipinski definition) is 3. The Kier molecular flexibility index (Phi) is 4.35. The summed E-state index contributed by atoms with van der Waals surface area (Å²) < 4.78 is 13.7. The number of carbonyl (C=O) groups is 3. The summed E-state index contributed by atoms with van der Waals surface area (Å²) in [5.74, 6) is -2.43. The Morgan fingerprint density at radius 3 is 2.39 bits per heavy atom. The Morgan fingerprint density at radius 1 is 1.22 bits per heavy atom. The van der Waals surface area contributed by atoms with Crippen LogP contribution in [0, 0.1) is 17.7 Å². The summed E-state index contributed by atoms with van der Waals surface area (Å²) >= 11 is 5.65. The van der Waals surface area contributed by atoms with Crippen LogP contribution in [0.4, 0.5) is 10.1 Å². The number of carbonyl (C=O) groups excluding carboxylic acids is 3. The molecule has 0 spiro atoms. The first-order valence-electron chi connectivity index (χ1n) is 7.57. The zero-order valence-electron chi connectivity index (χ0n) is 12.4. The molecule has 122 valence electrons. The first-order chi connectivity index (χ1) is 11.0. The highest BCUT2D eigenvalue weighted by molar-refractivity contribution is 6.30. The number of likely N-dealkylation sites (tertiary alicyclic amines) is 1. The van der Waals surface area contributed by atoms with Gasteiger partial charge in [0.15, 0.2) is 0 Å². The van der Waals surface area contributed by atoms with Crippen LogP contribution in [0.3, 0.4) is 0 Å². The SMILES string of the molecule is O=C(CN1C(=O)[C@H]2CCCC[C@H]2C1=O)Nc1ccc(Cl)cc1F. The number of amides is 3. The molecule has 0 unspecified atom stereocenters. The lowest BCUT2D eigenvalue weighted by molar-refractivity contribution is -0.142. The molecule has 1 saturated heterocycles. The van der Waals surface area contributed by atoms with E-state index in [0.717, 1.165) is 23.8 Å². The summed E-state index contributed by atoms with van der Waals surface area (Å²) in [6.45, 7) is -0.382. The average Bonchev–Trinajstić information content (AvgIpc) is 2.76. The van der Waals surface area contributed by atoms with Crippen LogP contribution < -0.4 is 5.32 Å². The van der Waals surface area contributed by atoms with E-state index < -0.39 is 11.7 Å². The first-order valence-corrected chi connectivity index (χ1v) is 7.95. The van der Waals surface area contributed by atoms with Gasteiger partial charge in [-0.3, -0.25) is 19.3 Å². The number of rotatable bonds is 3. The van der Waals surface area contributed by atoms with Crippen molar-refractivity contribution in [2.24, 2.45) is 11.8 Å². The Hall–Kier alpha value is -1.95. The number of fused-ring (bicyclic) bond motifs is 1. The number of hydrogen-bond donors (Lipinski definition) is 1. The van der Waals surface area contributed by atoms with Crippen molar-refractivity contribution in [2.45, 2.75) is 25.7 Å². The van der Waals surface area contributed by atoms with Gasteiger partial charge in [0, 0.05) is 5.02 Å². The molecule has 0 aromatic heterocycles. The minimum atomic E-state index is -0.668. The van der Waals surface area contributed by atoms with Crippen LogP contribution in [0.1, 0.15) is 25.7 Å². The molecule has 2 atom stereocenters. The van der Waals surface area contributed by atoms with E-state index in [2.05, 4.69) is 5.32 Å². The molecular formula is C16H16ClFN2O3. The number of nitrogens with zero attached hydrogens (tertiary/aromatic N) is 1. The predicted molar refractivity (Wildman–Crippen MR) is 82.2 cm³/mol. The van der Waals surface area contributed by atoms with E-state index in [1.807, 2.05) is 0 Å². The van der Waals surface area contributed by atoms with Gasteiger partial charge in [0.2, 0.25) is 17.7 Å². The van der Waals surface area contributed by atoms with E-state index in [-0.39, 0.29) is 40.9 Å².